The van der Waals surface area contributed by atoms with E-state index in [4.69, 9.17) is 4.74 Å². The second-order valence-electron chi connectivity index (χ2n) is 6.06. The van der Waals surface area contributed by atoms with Crippen LogP contribution in [0.3, 0.4) is 0 Å². The lowest BCUT2D eigenvalue weighted by Crippen LogP contribution is -2.02. The quantitative estimate of drug-likeness (QED) is 0.553. The molecular weight excluding hydrogens is 294 g/mol. The standard InChI is InChI=1S/C22H21NO/c1-17-7-4-11-20(15-17)24-14-6-10-19(16-23)22-13-5-9-18-8-2-3-12-21(18)22/h2-5,7-9,11-13,15,19H,6,10,14H2,1H3. The lowest BCUT2D eigenvalue weighted by atomic mass is 9.91. The fourth-order valence-corrected chi connectivity index (χ4v) is 3.03. The Labute approximate surface area is 143 Å². The minimum absolute atomic E-state index is 0.0998. The molecule has 0 fully saturated rings. The van der Waals surface area contributed by atoms with Gasteiger partial charge < -0.3 is 4.74 Å². The van der Waals surface area contributed by atoms with E-state index in [1.165, 1.54) is 16.3 Å². The molecule has 0 radical (unpaired) electrons. The molecule has 0 heterocycles. The van der Waals surface area contributed by atoms with Crippen molar-refractivity contribution in [2.24, 2.45) is 0 Å². The molecule has 2 nitrogen and oxygen atoms in total. The van der Waals surface area contributed by atoms with Crippen molar-refractivity contribution in [3.05, 3.63) is 77.9 Å². The minimum atomic E-state index is -0.0998. The highest BCUT2D eigenvalue weighted by Crippen LogP contribution is 2.28. The van der Waals surface area contributed by atoms with Crippen LogP contribution in [0, 0.1) is 18.3 Å². The molecule has 2 heteroatoms. The van der Waals surface area contributed by atoms with Crippen LogP contribution in [0.15, 0.2) is 66.7 Å². The van der Waals surface area contributed by atoms with Crippen LogP contribution in [-0.2, 0) is 0 Å². The largest absolute Gasteiger partial charge is 0.494 e. The molecule has 0 saturated heterocycles. The van der Waals surface area contributed by atoms with Gasteiger partial charge in [0, 0.05) is 0 Å². The predicted molar refractivity (Wildman–Crippen MR) is 98.2 cm³/mol. The van der Waals surface area contributed by atoms with Crippen molar-refractivity contribution >= 4 is 10.8 Å². The van der Waals surface area contributed by atoms with E-state index in [1.54, 1.807) is 0 Å². The summed E-state index contributed by atoms with van der Waals surface area (Å²) in [5.74, 6) is 0.797. The fraction of sp³-hybridized carbons (Fsp3) is 0.227. The van der Waals surface area contributed by atoms with Gasteiger partial charge in [-0.3, -0.25) is 0 Å². The van der Waals surface area contributed by atoms with Gasteiger partial charge in [0.25, 0.3) is 0 Å². The zero-order chi connectivity index (χ0) is 16.8. The Morgan fingerprint density at radius 2 is 1.79 bits per heavy atom. The third-order valence-corrected chi connectivity index (χ3v) is 4.25. The van der Waals surface area contributed by atoms with Gasteiger partial charge in [-0.1, -0.05) is 54.6 Å². The van der Waals surface area contributed by atoms with Crippen molar-refractivity contribution in [2.45, 2.75) is 25.7 Å². The second kappa shape index (κ2) is 7.66. The molecule has 0 aliphatic rings. The molecule has 1 atom stereocenters. The SMILES string of the molecule is Cc1cccc(OCCCC(C#N)c2cccc3ccccc23)c1. The number of hydrogen-bond donors (Lipinski definition) is 0. The van der Waals surface area contributed by atoms with Gasteiger partial charge in [-0.2, -0.15) is 5.26 Å². The van der Waals surface area contributed by atoms with E-state index in [-0.39, 0.29) is 5.92 Å². The van der Waals surface area contributed by atoms with Crippen LogP contribution < -0.4 is 4.74 Å². The van der Waals surface area contributed by atoms with Crippen LogP contribution in [0.1, 0.15) is 29.9 Å². The van der Waals surface area contributed by atoms with E-state index < -0.39 is 0 Å². The molecule has 0 amide bonds. The van der Waals surface area contributed by atoms with Gasteiger partial charge in [-0.05, 0) is 53.8 Å². The summed E-state index contributed by atoms with van der Waals surface area (Å²) in [4.78, 5) is 0. The Morgan fingerprint density at radius 3 is 2.62 bits per heavy atom. The van der Waals surface area contributed by atoms with Crippen LogP contribution >= 0.6 is 0 Å². The number of hydrogen-bond acceptors (Lipinski definition) is 2. The molecule has 0 N–H and O–H groups in total. The van der Waals surface area contributed by atoms with Crippen molar-refractivity contribution in [1.82, 2.24) is 0 Å². The summed E-state index contributed by atoms with van der Waals surface area (Å²) in [5.41, 5.74) is 2.31. The van der Waals surface area contributed by atoms with Gasteiger partial charge in [0.15, 0.2) is 0 Å². The number of ether oxygens (including phenoxy) is 1. The van der Waals surface area contributed by atoms with Gasteiger partial charge in [0.2, 0.25) is 0 Å². The summed E-state index contributed by atoms with van der Waals surface area (Å²) < 4.78 is 5.80. The Bertz CT molecular complexity index is 858. The minimum Gasteiger partial charge on any atom is -0.494 e. The summed E-state index contributed by atoms with van der Waals surface area (Å²) >= 11 is 0. The lowest BCUT2D eigenvalue weighted by molar-refractivity contribution is 0.305. The number of benzene rings is 3. The molecular formula is C22H21NO. The van der Waals surface area contributed by atoms with Gasteiger partial charge in [-0.15, -0.1) is 0 Å². The van der Waals surface area contributed by atoms with Crippen LogP contribution in [0.25, 0.3) is 10.8 Å². The maximum atomic E-state index is 9.60. The third-order valence-electron chi connectivity index (χ3n) is 4.25. The highest BCUT2D eigenvalue weighted by atomic mass is 16.5. The Morgan fingerprint density at radius 1 is 1.00 bits per heavy atom. The summed E-state index contributed by atoms with van der Waals surface area (Å²) in [5, 5.41) is 12.0. The number of nitrogens with zero attached hydrogens (tertiary/aromatic N) is 1. The van der Waals surface area contributed by atoms with Crippen LogP contribution in [0.5, 0.6) is 5.75 Å². The van der Waals surface area contributed by atoms with Gasteiger partial charge in [0.1, 0.15) is 5.75 Å². The second-order valence-corrected chi connectivity index (χ2v) is 6.06. The van der Waals surface area contributed by atoms with E-state index in [9.17, 15) is 5.26 Å². The van der Waals surface area contributed by atoms with Gasteiger partial charge in [0.05, 0.1) is 18.6 Å². The van der Waals surface area contributed by atoms with Crippen LogP contribution in [-0.4, -0.2) is 6.61 Å². The Kier molecular flexibility index (Phi) is 5.13. The van der Waals surface area contributed by atoms with Crippen molar-refractivity contribution in [3.63, 3.8) is 0 Å². The maximum absolute atomic E-state index is 9.60. The smallest absolute Gasteiger partial charge is 0.119 e. The molecule has 0 bridgehead atoms. The number of fused-ring (bicyclic) bond motifs is 1. The van der Waals surface area contributed by atoms with Gasteiger partial charge in [-0.25, -0.2) is 0 Å². The van der Waals surface area contributed by atoms with E-state index in [0.717, 1.165) is 24.2 Å². The van der Waals surface area contributed by atoms with Crippen LogP contribution in [0.2, 0.25) is 0 Å². The third kappa shape index (κ3) is 3.75. The monoisotopic (exact) mass is 315 g/mol. The zero-order valence-electron chi connectivity index (χ0n) is 13.9. The zero-order valence-corrected chi connectivity index (χ0v) is 13.9. The first-order valence-corrected chi connectivity index (χ1v) is 8.34. The van der Waals surface area contributed by atoms with E-state index in [1.807, 2.05) is 36.4 Å². The summed E-state index contributed by atoms with van der Waals surface area (Å²) in [6.07, 6.45) is 1.66. The fourth-order valence-electron chi connectivity index (χ4n) is 3.03. The summed E-state index contributed by atoms with van der Waals surface area (Å²) in [6.45, 7) is 2.69. The van der Waals surface area contributed by atoms with E-state index in [2.05, 4.69) is 43.3 Å². The topological polar surface area (TPSA) is 33.0 Å². The molecule has 3 aromatic rings. The Hall–Kier alpha value is -2.79. The molecule has 0 aliphatic carbocycles. The highest BCUT2D eigenvalue weighted by Gasteiger charge is 2.13. The first-order valence-electron chi connectivity index (χ1n) is 8.34. The molecule has 3 rings (SSSR count). The summed E-state index contributed by atoms with van der Waals surface area (Å²) in [7, 11) is 0. The van der Waals surface area contributed by atoms with E-state index >= 15 is 0 Å². The average molecular weight is 315 g/mol. The number of nitriles is 1. The number of rotatable bonds is 6. The molecule has 24 heavy (non-hydrogen) atoms. The Balaban J connectivity index is 1.64. The average Bonchev–Trinajstić information content (AvgIpc) is 2.62. The first kappa shape index (κ1) is 16.1. The molecule has 120 valence electrons. The molecule has 0 aromatic heterocycles. The molecule has 0 spiro atoms. The van der Waals surface area contributed by atoms with Crippen molar-refractivity contribution in [2.75, 3.05) is 6.61 Å². The van der Waals surface area contributed by atoms with Crippen molar-refractivity contribution in [1.29, 1.82) is 5.26 Å². The number of aryl methyl sites for hydroxylation is 1. The highest BCUT2D eigenvalue weighted by molar-refractivity contribution is 5.86. The maximum Gasteiger partial charge on any atom is 0.119 e. The first-order chi connectivity index (χ1) is 11.8. The normalized spacial score (nSPS) is 11.8. The van der Waals surface area contributed by atoms with Crippen molar-refractivity contribution < 1.29 is 4.74 Å². The van der Waals surface area contributed by atoms with Crippen LogP contribution in [0.4, 0.5) is 0 Å². The predicted octanol–water partition coefficient (Wildman–Crippen LogP) is 5.61. The molecule has 0 saturated carbocycles. The molecule has 3 aromatic carbocycles. The molecule has 1 unspecified atom stereocenters. The van der Waals surface area contributed by atoms with Gasteiger partial charge >= 0.3 is 0 Å². The summed E-state index contributed by atoms with van der Waals surface area (Å²) in [6, 6.07) is 25.0. The van der Waals surface area contributed by atoms with Crippen molar-refractivity contribution in [3.8, 4) is 11.8 Å². The van der Waals surface area contributed by atoms with E-state index in [0.29, 0.717) is 6.61 Å². The molecule has 0 aliphatic heterocycles. The lowest BCUT2D eigenvalue weighted by Gasteiger charge is -2.13.